The van der Waals surface area contributed by atoms with Gasteiger partial charge in [0.25, 0.3) is 0 Å². The van der Waals surface area contributed by atoms with E-state index in [1.54, 1.807) is 0 Å². The molecule has 2 rings (SSSR count). The Bertz CT molecular complexity index is 464. The van der Waals surface area contributed by atoms with E-state index in [2.05, 4.69) is 38.5 Å². The van der Waals surface area contributed by atoms with Gasteiger partial charge in [-0.05, 0) is 31.7 Å². The molecule has 1 amide bonds. The summed E-state index contributed by atoms with van der Waals surface area (Å²) in [6.45, 7) is 4.90. The minimum atomic E-state index is 0.0660. The first-order chi connectivity index (χ1) is 9.06. The maximum absolute atomic E-state index is 12.0. The number of likely N-dealkylation sites (N-methyl/N-ethyl adjacent to an activating group) is 1. The number of aryl methyl sites for hydroxylation is 1. The molecule has 1 unspecified atom stereocenters. The summed E-state index contributed by atoms with van der Waals surface area (Å²) in [6, 6.07) is 6.15. The molecule has 0 bridgehead atoms. The highest BCUT2D eigenvalue weighted by atomic mass is 79.9. The van der Waals surface area contributed by atoms with Crippen molar-refractivity contribution in [2.45, 2.75) is 19.4 Å². The summed E-state index contributed by atoms with van der Waals surface area (Å²) >= 11 is 3.47. The van der Waals surface area contributed by atoms with Gasteiger partial charge in [-0.15, -0.1) is 0 Å². The first-order valence-electron chi connectivity index (χ1n) is 6.53. The van der Waals surface area contributed by atoms with E-state index in [9.17, 15) is 4.79 Å². The Morgan fingerprint density at radius 3 is 3.05 bits per heavy atom. The number of benzene rings is 1. The first-order valence-corrected chi connectivity index (χ1v) is 7.32. The van der Waals surface area contributed by atoms with E-state index in [1.807, 2.05) is 25.1 Å². The Kier molecular flexibility index (Phi) is 4.96. The summed E-state index contributed by atoms with van der Waals surface area (Å²) in [4.78, 5) is 14.3. The summed E-state index contributed by atoms with van der Waals surface area (Å²) in [5, 5.41) is 6.28. The summed E-state index contributed by atoms with van der Waals surface area (Å²) in [5.74, 6) is 0.0660. The second-order valence-electron chi connectivity index (χ2n) is 5.05. The smallest absolute Gasteiger partial charge is 0.225 e. The maximum Gasteiger partial charge on any atom is 0.225 e. The molecule has 2 N–H and O–H groups in total. The van der Waals surface area contributed by atoms with Crippen molar-refractivity contribution in [3.8, 4) is 0 Å². The van der Waals surface area contributed by atoms with Gasteiger partial charge in [0.2, 0.25) is 5.91 Å². The Labute approximate surface area is 122 Å². The van der Waals surface area contributed by atoms with Crippen LogP contribution in [-0.2, 0) is 4.79 Å². The molecule has 0 radical (unpaired) electrons. The van der Waals surface area contributed by atoms with Crippen LogP contribution in [0.25, 0.3) is 0 Å². The standard InChI is InChI=1S/C14H20BrN3O/c1-10-3-4-11(7-13(10)15)17-14(19)8-12-9-16-5-6-18(12)2/h3-4,7,12,16H,5-6,8-9H2,1-2H3,(H,17,19). The zero-order valence-electron chi connectivity index (χ0n) is 11.4. The third-order valence-electron chi connectivity index (χ3n) is 3.52. The van der Waals surface area contributed by atoms with Gasteiger partial charge in [0.15, 0.2) is 0 Å². The molecule has 5 heteroatoms. The Hall–Kier alpha value is -0.910. The van der Waals surface area contributed by atoms with E-state index in [-0.39, 0.29) is 11.9 Å². The molecule has 0 spiro atoms. The van der Waals surface area contributed by atoms with Crippen LogP contribution in [0, 0.1) is 6.92 Å². The third kappa shape index (κ3) is 4.03. The van der Waals surface area contributed by atoms with Crippen LogP contribution in [0.2, 0.25) is 0 Å². The largest absolute Gasteiger partial charge is 0.326 e. The molecular weight excluding hydrogens is 306 g/mol. The maximum atomic E-state index is 12.0. The van der Waals surface area contributed by atoms with E-state index in [0.717, 1.165) is 35.4 Å². The zero-order chi connectivity index (χ0) is 13.8. The summed E-state index contributed by atoms with van der Waals surface area (Å²) in [5.41, 5.74) is 2.00. The van der Waals surface area contributed by atoms with Gasteiger partial charge < -0.3 is 15.5 Å². The van der Waals surface area contributed by atoms with Crippen LogP contribution in [0.5, 0.6) is 0 Å². The number of nitrogens with zero attached hydrogens (tertiary/aromatic N) is 1. The molecule has 1 atom stereocenters. The fourth-order valence-electron chi connectivity index (χ4n) is 2.19. The molecule has 0 aliphatic carbocycles. The van der Waals surface area contributed by atoms with E-state index >= 15 is 0 Å². The summed E-state index contributed by atoms with van der Waals surface area (Å²) in [6.07, 6.45) is 0.523. The van der Waals surface area contributed by atoms with Crippen molar-refractivity contribution in [1.82, 2.24) is 10.2 Å². The highest BCUT2D eigenvalue weighted by Crippen LogP contribution is 2.21. The van der Waals surface area contributed by atoms with Crippen LogP contribution in [0.1, 0.15) is 12.0 Å². The monoisotopic (exact) mass is 325 g/mol. The van der Waals surface area contributed by atoms with E-state index in [4.69, 9.17) is 0 Å². The molecule has 1 heterocycles. The van der Waals surface area contributed by atoms with Gasteiger partial charge in [-0.3, -0.25) is 4.79 Å². The molecule has 4 nitrogen and oxygen atoms in total. The second-order valence-corrected chi connectivity index (χ2v) is 5.91. The molecule has 0 aromatic heterocycles. The van der Waals surface area contributed by atoms with Gasteiger partial charge in [0.1, 0.15) is 0 Å². The topological polar surface area (TPSA) is 44.4 Å². The predicted octanol–water partition coefficient (Wildman–Crippen LogP) is 1.99. The molecule has 1 saturated heterocycles. The number of rotatable bonds is 3. The number of carbonyl (C=O) groups excluding carboxylic acids is 1. The van der Waals surface area contributed by atoms with Crippen LogP contribution in [-0.4, -0.2) is 43.5 Å². The number of nitrogens with one attached hydrogen (secondary N) is 2. The molecule has 1 aliphatic heterocycles. The van der Waals surface area contributed by atoms with Crippen LogP contribution in [0.3, 0.4) is 0 Å². The van der Waals surface area contributed by atoms with Gasteiger partial charge in [-0.2, -0.15) is 0 Å². The van der Waals surface area contributed by atoms with Crippen molar-refractivity contribution >= 4 is 27.5 Å². The number of amides is 1. The van der Waals surface area contributed by atoms with Crippen LogP contribution >= 0.6 is 15.9 Å². The molecular formula is C14H20BrN3O. The lowest BCUT2D eigenvalue weighted by molar-refractivity contribution is -0.117. The molecule has 1 aliphatic rings. The predicted molar refractivity (Wildman–Crippen MR) is 81.4 cm³/mol. The first kappa shape index (κ1) is 14.5. The highest BCUT2D eigenvalue weighted by molar-refractivity contribution is 9.10. The van der Waals surface area contributed by atoms with Gasteiger partial charge in [-0.1, -0.05) is 22.0 Å². The van der Waals surface area contributed by atoms with E-state index in [0.29, 0.717) is 6.42 Å². The quantitative estimate of drug-likeness (QED) is 0.893. The lowest BCUT2D eigenvalue weighted by Gasteiger charge is -2.32. The number of halogens is 1. The fraction of sp³-hybridized carbons (Fsp3) is 0.500. The number of piperazine rings is 1. The molecule has 0 saturated carbocycles. The number of hydrogen-bond donors (Lipinski definition) is 2. The van der Waals surface area contributed by atoms with Crippen molar-refractivity contribution in [1.29, 1.82) is 0 Å². The molecule has 1 aromatic carbocycles. The summed E-state index contributed by atoms with van der Waals surface area (Å²) in [7, 11) is 2.07. The number of anilines is 1. The van der Waals surface area contributed by atoms with Gasteiger partial charge in [0, 0.05) is 42.3 Å². The normalized spacial score (nSPS) is 20.3. The van der Waals surface area contributed by atoms with Crippen molar-refractivity contribution < 1.29 is 4.79 Å². The SMILES string of the molecule is Cc1ccc(NC(=O)CC2CNCCN2C)cc1Br. The van der Waals surface area contributed by atoms with Crippen molar-refractivity contribution in [2.24, 2.45) is 0 Å². The molecule has 1 fully saturated rings. The van der Waals surface area contributed by atoms with Crippen LogP contribution < -0.4 is 10.6 Å². The molecule has 1 aromatic rings. The van der Waals surface area contributed by atoms with Crippen molar-refractivity contribution in [3.63, 3.8) is 0 Å². The molecule has 19 heavy (non-hydrogen) atoms. The second kappa shape index (κ2) is 6.50. The average Bonchev–Trinajstić information content (AvgIpc) is 2.37. The fourth-order valence-corrected chi connectivity index (χ4v) is 2.57. The number of hydrogen-bond acceptors (Lipinski definition) is 3. The Morgan fingerprint density at radius 2 is 2.37 bits per heavy atom. The van der Waals surface area contributed by atoms with E-state index < -0.39 is 0 Å². The molecule has 104 valence electrons. The van der Waals surface area contributed by atoms with Gasteiger partial charge in [-0.25, -0.2) is 0 Å². The number of carbonyl (C=O) groups is 1. The third-order valence-corrected chi connectivity index (χ3v) is 4.38. The minimum absolute atomic E-state index is 0.0660. The lowest BCUT2D eigenvalue weighted by Crippen LogP contribution is -2.50. The minimum Gasteiger partial charge on any atom is -0.326 e. The van der Waals surface area contributed by atoms with Crippen molar-refractivity contribution in [3.05, 3.63) is 28.2 Å². The van der Waals surface area contributed by atoms with Crippen LogP contribution in [0.4, 0.5) is 5.69 Å². The van der Waals surface area contributed by atoms with Gasteiger partial charge >= 0.3 is 0 Å². The van der Waals surface area contributed by atoms with Gasteiger partial charge in [0.05, 0.1) is 0 Å². The zero-order valence-corrected chi connectivity index (χ0v) is 13.0. The highest BCUT2D eigenvalue weighted by Gasteiger charge is 2.21. The average molecular weight is 326 g/mol. The summed E-state index contributed by atoms with van der Waals surface area (Å²) < 4.78 is 1.02. The Balaban J connectivity index is 1.91. The Morgan fingerprint density at radius 1 is 1.58 bits per heavy atom. The van der Waals surface area contributed by atoms with Crippen LogP contribution in [0.15, 0.2) is 22.7 Å². The van der Waals surface area contributed by atoms with E-state index in [1.165, 1.54) is 0 Å². The van der Waals surface area contributed by atoms with Crippen molar-refractivity contribution in [2.75, 3.05) is 32.0 Å². The lowest BCUT2D eigenvalue weighted by atomic mass is 10.1.